The van der Waals surface area contributed by atoms with E-state index in [1.165, 1.54) is 23.8 Å². The lowest BCUT2D eigenvalue weighted by Crippen LogP contribution is -2.53. The molecule has 2 aromatic rings. The lowest BCUT2D eigenvalue weighted by atomic mass is 10.1. The number of hydrogen-bond acceptors (Lipinski definition) is 3. The Morgan fingerprint density at radius 3 is 2.40 bits per heavy atom. The molecule has 1 aliphatic heterocycles. The summed E-state index contributed by atoms with van der Waals surface area (Å²) in [4.78, 5) is 28.7. The molecule has 1 unspecified atom stereocenters. The van der Waals surface area contributed by atoms with Crippen molar-refractivity contribution in [2.75, 3.05) is 26.2 Å². The van der Waals surface area contributed by atoms with E-state index in [4.69, 9.17) is 4.74 Å². The summed E-state index contributed by atoms with van der Waals surface area (Å²) in [5.41, 5.74) is 1.24. The van der Waals surface area contributed by atoms with Crippen molar-refractivity contribution in [1.29, 1.82) is 0 Å². The predicted molar refractivity (Wildman–Crippen MR) is 117 cm³/mol. The first-order chi connectivity index (χ1) is 14.4. The van der Waals surface area contributed by atoms with E-state index < -0.39 is 6.10 Å². The molecule has 0 N–H and O–H groups in total. The Morgan fingerprint density at radius 1 is 1.07 bits per heavy atom. The first kappa shape index (κ1) is 22.3. The van der Waals surface area contributed by atoms with Crippen molar-refractivity contribution >= 4 is 27.7 Å². The Bertz CT molecular complexity index is 870. The maximum absolute atomic E-state index is 13.2. The molecule has 1 aliphatic rings. The number of nitrogens with zero attached hydrogens (tertiary/aromatic N) is 2. The lowest BCUT2D eigenvalue weighted by molar-refractivity contribution is -0.143. The largest absolute Gasteiger partial charge is 0.480 e. The van der Waals surface area contributed by atoms with Gasteiger partial charge in [-0.25, -0.2) is 4.39 Å². The molecule has 7 heteroatoms. The molecular formula is C23H26BrFN2O3. The fraction of sp³-hybridized carbons (Fsp3) is 0.391. The summed E-state index contributed by atoms with van der Waals surface area (Å²) in [5, 5.41) is 0. The number of carbonyl (C=O) groups is 2. The Hall–Kier alpha value is -2.41. The van der Waals surface area contributed by atoms with Crippen molar-refractivity contribution < 1.29 is 18.7 Å². The molecule has 2 aromatic carbocycles. The molecule has 5 nitrogen and oxygen atoms in total. The summed E-state index contributed by atoms with van der Waals surface area (Å²) >= 11 is 3.25. The molecule has 0 radical (unpaired) electrons. The molecule has 1 heterocycles. The molecule has 1 fully saturated rings. The van der Waals surface area contributed by atoms with Gasteiger partial charge < -0.3 is 14.5 Å². The average Bonchev–Trinajstić information content (AvgIpc) is 2.76. The Kier molecular flexibility index (Phi) is 7.85. The molecule has 30 heavy (non-hydrogen) atoms. The highest BCUT2D eigenvalue weighted by Gasteiger charge is 2.28. The van der Waals surface area contributed by atoms with Gasteiger partial charge in [0.2, 0.25) is 5.91 Å². The van der Waals surface area contributed by atoms with Crippen LogP contribution in [0.1, 0.15) is 25.3 Å². The summed E-state index contributed by atoms with van der Waals surface area (Å²) in [7, 11) is 0. The smallest absolute Gasteiger partial charge is 0.263 e. The zero-order chi connectivity index (χ0) is 21.5. The van der Waals surface area contributed by atoms with E-state index in [1.807, 2.05) is 23.1 Å². The van der Waals surface area contributed by atoms with Crippen molar-refractivity contribution in [2.45, 2.75) is 32.3 Å². The molecule has 160 valence electrons. The molecule has 2 amide bonds. The van der Waals surface area contributed by atoms with Crippen LogP contribution in [-0.4, -0.2) is 53.9 Å². The van der Waals surface area contributed by atoms with Crippen molar-refractivity contribution in [3.05, 3.63) is 64.4 Å². The fourth-order valence-corrected chi connectivity index (χ4v) is 3.94. The van der Waals surface area contributed by atoms with Gasteiger partial charge in [0.25, 0.3) is 5.91 Å². The van der Waals surface area contributed by atoms with E-state index in [0.29, 0.717) is 42.8 Å². The van der Waals surface area contributed by atoms with Crippen molar-refractivity contribution in [1.82, 2.24) is 9.80 Å². The molecule has 1 saturated heterocycles. The summed E-state index contributed by atoms with van der Waals surface area (Å²) in [5.74, 6) is 0.0437. The lowest BCUT2D eigenvalue weighted by Gasteiger charge is -2.36. The number of hydrogen-bond donors (Lipinski definition) is 0. The predicted octanol–water partition coefficient (Wildman–Crippen LogP) is 4.05. The maximum Gasteiger partial charge on any atom is 0.263 e. The van der Waals surface area contributed by atoms with E-state index in [1.54, 1.807) is 11.8 Å². The first-order valence-electron chi connectivity index (χ1n) is 10.2. The summed E-state index contributed by atoms with van der Waals surface area (Å²) in [6.45, 7) is 3.72. The molecule has 0 aliphatic carbocycles. The number of rotatable bonds is 7. The van der Waals surface area contributed by atoms with Gasteiger partial charge in [0, 0.05) is 32.6 Å². The average molecular weight is 477 g/mol. The minimum Gasteiger partial charge on any atom is -0.480 e. The Morgan fingerprint density at radius 2 is 1.73 bits per heavy atom. The first-order valence-corrected chi connectivity index (χ1v) is 11.0. The fourth-order valence-electron chi connectivity index (χ4n) is 3.49. The second-order valence-electron chi connectivity index (χ2n) is 7.38. The molecule has 0 aromatic heterocycles. The quantitative estimate of drug-likeness (QED) is 0.605. The second-order valence-corrected chi connectivity index (χ2v) is 8.23. The van der Waals surface area contributed by atoms with Crippen molar-refractivity contribution in [3.63, 3.8) is 0 Å². The molecule has 0 bridgehead atoms. The van der Waals surface area contributed by atoms with Crippen LogP contribution in [-0.2, 0) is 16.0 Å². The van der Waals surface area contributed by atoms with Crippen LogP contribution in [0.4, 0.5) is 4.39 Å². The van der Waals surface area contributed by atoms with E-state index in [0.717, 1.165) is 12.8 Å². The van der Waals surface area contributed by atoms with Gasteiger partial charge >= 0.3 is 0 Å². The van der Waals surface area contributed by atoms with Gasteiger partial charge in [0.1, 0.15) is 11.6 Å². The van der Waals surface area contributed by atoms with E-state index >= 15 is 0 Å². The second kappa shape index (κ2) is 10.6. The zero-order valence-electron chi connectivity index (χ0n) is 17.0. The monoisotopic (exact) mass is 476 g/mol. The SMILES string of the molecule is CC(Oc1ccc(F)cc1Br)C(=O)N1CCN(C(=O)CCCc2ccccc2)CC1. The van der Waals surface area contributed by atoms with Crippen LogP contribution in [0, 0.1) is 5.82 Å². The third kappa shape index (κ3) is 6.05. The van der Waals surface area contributed by atoms with Crippen LogP contribution >= 0.6 is 15.9 Å². The van der Waals surface area contributed by atoms with Gasteiger partial charge in [-0.05, 0) is 59.5 Å². The van der Waals surface area contributed by atoms with Crippen LogP contribution in [0.5, 0.6) is 5.75 Å². The Labute approximate surface area is 184 Å². The van der Waals surface area contributed by atoms with Crippen LogP contribution in [0.2, 0.25) is 0 Å². The number of carbonyl (C=O) groups excluding carboxylic acids is 2. The third-order valence-electron chi connectivity index (χ3n) is 5.19. The van der Waals surface area contributed by atoms with Gasteiger partial charge in [-0.3, -0.25) is 9.59 Å². The maximum atomic E-state index is 13.2. The van der Waals surface area contributed by atoms with E-state index in [9.17, 15) is 14.0 Å². The third-order valence-corrected chi connectivity index (χ3v) is 5.81. The van der Waals surface area contributed by atoms with Crippen LogP contribution in [0.15, 0.2) is 53.0 Å². The number of ether oxygens (including phenoxy) is 1. The molecule has 3 rings (SSSR count). The minimum absolute atomic E-state index is 0.137. The standard InChI is InChI=1S/C23H26BrFN2O3/c1-17(30-21-11-10-19(25)16-20(21)24)23(29)27-14-12-26(13-15-27)22(28)9-5-8-18-6-3-2-4-7-18/h2-4,6-7,10-11,16-17H,5,8-9,12-15H2,1H3. The number of benzene rings is 2. The number of piperazine rings is 1. The number of amides is 2. The van der Waals surface area contributed by atoms with Crippen molar-refractivity contribution in [2.24, 2.45) is 0 Å². The van der Waals surface area contributed by atoms with E-state index in [-0.39, 0.29) is 17.6 Å². The van der Waals surface area contributed by atoms with Crippen LogP contribution in [0.3, 0.4) is 0 Å². The normalized spacial score (nSPS) is 15.0. The van der Waals surface area contributed by atoms with Gasteiger partial charge in [-0.15, -0.1) is 0 Å². The highest BCUT2D eigenvalue weighted by Crippen LogP contribution is 2.26. The van der Waals surface area contributed by atoms with Crippen LogP contribution in [0.25, 0.3) is 0 Å². The zero-order valence-corrected chi connectivity index (χ0v) is 18.6. The molecular weight excluding hydrogens is 451 g/mol. The van der Waals surface area contributed by atoms with Crippen LogP contribution < -0.4 is 4.74 Å². The number of aryl methyl sites for hydroxylation is 1. The van der Waals surface area contributed by atoms with Crippen molar-refractivity contribution in [3.8, 4) is 5.75 Å². The molecule has 0 saturated carbocycles. The van der Waals surface area contributed by atoms with Gasteiger partial charge in [-0.2, -0.15) is 0 Å². The highest BCUT2D eigenvalue weighted by molar-refractivity contribution is 9.10. The summed E-state index contributed by atoms with van der Waals surface area (Å²) in [6, 6.07) is 14.2. The molecule has 0 spiro atoms. The molecule has 1 atom stereocenters. The van der Waals surface area contributed by atoms with Gasteiger partial charge in [0.05, 0.1) is 4.47 Å². The van der Waals surface area contributed by atoms with Gasteiger partial charge in [-0.1, -0.05) is 30.3 Å². The summed E-state index contributed by atoms with van der Waals surface area (Å²) < 4.78 is 19.4. The Balaban J connectivity index is 1.42. The van der Waals surface area contributed by atoms with E-state index in [2.05, 4.69) is 28.1 Å². The highest BCUT2D eigenvalue weighted by atomic mass is 79.9. The number of halogens is 2. The van der Waals surface area contributed by atoms with Gasteiger partial charge in [0.15, 0.2) is 6.10 Å². The minimum atomic E-state index is -0.695. The topological polar surface area (TPSA) is 49.9 Å². The summed E-state index contributed by atoms with van der Waals surface area (Å²) in [6.07, 6.45) is 1.53.